The monoisotopic (exact) mass is 308 g/mol. The predicted molar refractivity (Wildman–Crippen MR) is 86.0 cm³/mol. The van der Waals surface area contributed by atoms with Gasteiger partial charge < -0.3 is 4.74 Å². The van der Waals surface area contributed by atoms with E-state index in [1.807, 2.05) is 23.9 Å². The first-order valence-corrected chi connectivity index (χ1v) is 9.27. The molecule has 0 aromatic heterocycles. The van der Waals surface area contributed by atoms with E-state index in [4.69, 9.17) is 4.74 Å². The molecular formula is C16H20O2S2. The molecule has 1 spiro atoms. The molecule has 2 nitrogen and oxygen atoms in total. The van der Waals surface area contributed by atoms with Gasteiger partial charge in [-0.05, 0) is 49.3 Å². The molecular weight excluding hydrogens is 288 g/mol. The van der Waals surface area contributed by atoms with Crippen molar-refractivity contribution in [1.29, 1.82) is 0 Å². The molecule has 4 heteroatoms. The average molecular weight is 308 g/mol. The smallest absolute Gasteiger partial charge is 0.150 e. The van der Waals surface area contributed by atoms with Crippen LogP contribution in [0.3, 0.4) is 0 Å². The van der Waals surface area contributed by atoms with E-state index < -0.39 is 0 Å². The topological polar surface area (TPSA) is 26.3 Å². The molecule has 0 bridgehead atoms. The summed E-state index contributed by atoms with van der Waals surface area (Å²) < 4.78 is 6.14. The van der Waals surface area contributed by atoms with Crippen LogP contribution in [0, 0.1) is 0 Å². The first-order chi connectivity index (χ1) is 9.80. The lowest BCUT2D eigenvalue weighted by Crippen LogP contribution is -2.43. The summed E-state index contributed by atoms with van der Waals surface area (Å²) in [7, 11) is 0. The molecule has 1 aromatic rings. The Labute approximate surface area is 129 Å². The van der Waals surface area contributed by atoms with Gasteiger partial charge >= 0.3 is 0 Å². The summed E-state index contributed by atoms with van der Waals surface area (Å²) in [6.45, 7) is 0.898. The van der Waals surface area contributed by atoms with E-state index in [0.29, 0.717) is 5.25 Å². The Kier molecular flexibility index (Phi) is 4.74. The fraction of sp³-hybridized carbons (Fsp3) is 0.562. The van der Waals surface area contributed by atoms with Gasteiger partial charge in [-0.3, -0.25) is 4.79 Å². The predicted octanol–water partition coefficient (Wildman–Crippen LogP) is 4.04. The molecule has 2 aliphatic rings. The van der Waals surface area contributed by atoms with Gasteiger partial charge in [0.05, 0.1) is 5.60 Å². The molecule has 1 atom stereocenters. The number of aldehydes is 1. The second kappa shape index (κ2) is 6.54. The van der Waals surface area contributed by atoms with Crippen molar-refractivity contribution in [3.8, 4) is 0 Å². The molecule has 20 heavy (non-hydrogen) atoms. The number of hydrogen-bond donors (Lipinski definition) is 0. The molecule has 1 unspecified atom stereocenters. The number of benzene rings is 1. The average Bonchev–Trinajstić information content (AvgIpc) is 2.49. The van der Waals surface area contributed by atoms with Crippen molar-refractivity contribution in [1.82, 2.24) is 0 Å². The van der Waals surface area contributed by atoms with Gasteiger partial charge in [0.15, 0.2) is 0 Å². The van der Waals surface area contributed by atoms with Crippen LogP contribution in [-0.4, -0.2) is 35.2 Å². The molecule has 3 rings (SSSR count). The minimum atomic E-state index is 0.157. The number of carbonyl (C=O) groups is 1. The van der Waals surface area contributed by atoms with E-state index in [9.17, 15) is 4.79 Å². The zero-order valence-electron chi connectivity index (χ0n) is 11.5. The lowest BCUT2D eigenvalue weighted by molar-refractivity contribution is -0.0804. The van der Waals surface area contributed by atoms with Crippen LogP contribution < -0.4 is 0 Å². The Hall–Kier alpha value is -0.450. The fourth-order valence-corrected chi connectivity index (χ4v) is 5.51. The van der Waals surface area contributed by atoms with E-state index >= 15 is 0 Å². The summed E-state index contributed by atoms with van der Waals surface area (Å²) in [5.74, 6) is 2.48. The Morgan fingerprint density at radius 2 is 2.00 bits per heavy atom. The Morgan fingerprint density at radius 3 is 2.70 bits per heavy atom. The number of hydrogen-bond acceptors (Lipinski definition) is 4. The van der Waals surface area contributed by atoms with Crippen LogP contribution in [0.2, 0.25) is 0 Å². The zero-order chi connectivity index (χ0) is 13.8. The largest absolute Gasteiger partial charge is 0.375 e. The molecule has 2 heterocycles. The summed E-state index contributed by atoms with van der Waals surface area (Å²) in [5.41, 5.74) is 0.909. The summed E-state index contributed by atoms with van der Waals surface area (Å²) in [5, 5.41) is 0.647. The van der Waals surface area contributed by atoms with E-state index in [0.717, 1.165) is 24.9 Å². The zero-order valence-corrected chi connectivity index (χ0v) is 13.2. The van der Waals surface area contributed by atoms with Crippen molar-refractivity contribution >= 4 is 29.8 Å². The van der Waals surface area contributed by atoms with Gasteiger partial charge in [-0.1, -0.05) is 12.1 Å². The normalized spacial score (nSPS) is 25.5. The Morgan fingerprint density at radius 1 is 1.25 bits per heavy atom. The second-order valence-corrected chi connectivity index (χ2v) is 8.16. The number of ether oxygens (including phenoxy) is 1. The van der Waals surface area contributed by atoms with Crippen molar-refractivity contribution in [3.63, 3.8) is 0 Å². The first-order valence-electron chi connectivity index (χ1n) is 7.23. The van der Waals surface area contributed by atoms with E-state index in [1.54, 1.807) is 0 Å². The minimum absolute atomic E-state index is 0.157. The van der Waals surface area contributed by atoms with E-state index in [1.165, 1.54) is 35.7 Å². The highest BCUT2D eigenvalue weighted by Crippen LogP contribution is 2.42. The summed E-state index contributed by atoms with van der Waals surface area (Å²) in [6, 6.07) is 7.93. The van der Waals surface area contributed by atoms with E-state index in [-0.39, 0.29) is 5.60 Å². The number of rotatable bonds is 3. The van der Waals surface area contributed by atoms with Crippen LogP contribution in [0.25, 0.3) is 0 Å². The maximum absolute atomic E-state index is 10.7. The molecule has 0 radical (unpaired) electrons. The number of thioether (sulfide) groups is 2. The third-order valence-electron chi connectivity index (χ3n) is 4.17. The van der Waals surface area contributed by atoms with Gasteiger partial charge in [0, 0.05) is 22.3 Å². The maximum atomic E-state index is 10.7. The summed E-state index contributed by atoms with van der Waals surface area (Å²) in [4.78, 5) is 12.0. The van der Waals surface area contributed by atoms with Gasteiger partial charge in [-0.25, -0.2) is 0 Å². The van der Waals surface area contributed by atoms with Crippen LogP contribution in [0.4, 0.5) is 0 Å². The standard InChI is InChI=1S/C16H20O2S2/c17-12-13-1-3-14(4-2-13)20-15-5-8-18-16(11-15)6-9-19-10-7-16/h1-4,12,15H,5-11H2. The molecule has 0 saturated carbocycles. The second-order valence-electron chi connectivity index (χ2n) is 5.56. The molecule has 2 fully saturated rings. The molecule has 2 aliphatic heterocycles. The highest BCUT2D eigenvalue weighted by Gasteiger charge is 2.38. The van der Waals surface area contributed by atoms with Crippen molar-refractivity contribution < 1.29 is 9.53 Å². The van der Waals surface area contributed by atoms with Crippen molar-refractivity contribution in [2.75, 3.05) is 18.1 Å². The summed E-state index contributed by atoms with van der Waals surface area (Å²) in [6.07, 6.45) is 5.62. The highest BCUT2D eigenvalue weighted by molar-refractivity contribution is 8.00. The van der Waals surface area contributed by atoms with Gasteiger partial charge in [0.2, 0.25) is 0 Å². The fourth-order valence-electron chi connectivity index (χ4n) is 2.99. The SMILES string of the molecule is O=Cc1ccc(SC2CCOC3(CCSCC3)C2)cc1. The van der Waals surface area contributed by atoms with Gasteiger partial charge in [0.1, 0.15) is 6.29 Å². The van der Waals surface area contributed by atoms with Crippen molar-refractivity contribution in [2.24, 2.45) is 0 Å². The lowest BCUT2D eigenvalue weighted by Gasteiger charge is -2.43. The lowest BCUT2D eigenvalue weighted by atomic mass is 9.88. The molecule has 0 aliphatic carbocycles. The van der Waals surface area contributed by atoms with Crippen LogP contribution in [0.15, 0.2) is 29.2 Å². The van der Waals surface area contributed by atoms with E-state index in [2.05, 4.69) is 23.9 Å². The van der Waals surface area contributed by atoms with Crippen LogP contribution in [-0.2, 0) is 4.74 Å². The van der Waals surface area contributed by atoms with Crippen LogP contribution >= 0.6 is 23.5 Å². The molecule has 0 amide bonds. The Bertz CT molecular complexity index is 447. The molecule has 1 aromatic carbocycles. The first kappa shape index (κ1) is 14.5. The van der Waals surface area contributed by atoms with Gasteiger partial charge in [0.25, 0.3) is 0 Å². The van der Waals surface area contributed by atoms with Crippen LogP contribution in [0.5, 0.6) is 0 Å². The third-order valence-corrected chi connectivity index (χ3v) is 6.44. The third kappa shape index (κ3) is 3.41. The molecule has 108 valence electrons. The molecule has 2 saturated heterocycles. The quantitative estimate of drug-likeness (QED) is 0.787. The Balaban J connectivity index is 1.63. The van der Waals surface area contributed by atoms with Gasteiger partial charge in [-0.15, -0.1) is 11.8 Å². The summed E-state index contributed by atoms with van der Waals surface area (Å²) >= 11 is 4.00. The van der Waals surface area contributed by atoms with Crippen molar-refractivity contribution in [3.05, 3.63) is 29.8 Å². The van der Waals surface area contributed by atoms with Crippen LogP contribution in [0.1, 0.15) is 36.0 Å². The maximum Gasteiger partial charge on any atom is 0.150 e. The highest BCUT2D eigenvalue weighted by atomic mass is 32.2. The minimum Gasteiger partial charge on any atom is -0.375 e. The number of carbonyl (C=O) groups excluding carboxylic acids is 1. The van der Waals surface area contributed by atoms with Gasteiger partial charge in [-0.2, -0.15) is 11.8 Å². The molecule has 0 N–H and O–H groups in total. The van der Waals surface area contributed by atoms with Crippen molar-refractivity contribution in [2.45, 2.75) is 41.4 Å².